The lowest BCUT2D eigenvalue weighted by Crippen LogP contribution is -2.38. The van der Waals surface area contributed by atoms with Crippen LogP contribution in [0.25, 0.3) is 0 Å². The van der Waals surface area contributed by atoms with Crippen molar-refractivity contribution >= 4 is 17.3 Å². The molecular weight excluding hydrogens is 437 g/mol. The summed E-state index contributed by atoms with van der Waals surface area (Å²) in [6.45, 7) is 5.71. The molecular formula is C21H25ClFN7O2. The average molecular weight is 462 g/mol. The van der Waals surface area contributed by atoms with Gasteiger partial charge in [0.2, 0.25) is 0 Å². The van der Waals surface area contributed by atoms with E-state index in [9.17, 15) is 9.18 Å². The van der Waals surface area contributed by atoms with Crippen LogP contribution < -0.4 is 21.4 Å². The van der Waals surface area contributed by atoms with Crippen LogP contribution in [0, 0.1) is 5.82 Å². The normalized spacial score (nSPS) is 19.3. The number of nitrogens with zero attached hydrogens (tertiary/aromatic N) is 4. The van der Waals surface area contributed by atoms with Crippen molar-refractivity contribution in [3.63, 3.8) is 0 Å². The standard InChI is InChI=1S/C21H25ClFN7O2/c22-20-19(10-24-26-21(20)31)29-4-3-18-17(13-29)25-27-30(18)12-14-1-2-16(23)9-15(14)11-28-5-7-32-8-6-28/h1-2,9-10,25,27H,3-8,11-13H2,(H,26,31). The molecule has 1 saturated heterocycles. The van der Waals surface area contributed by atoms with Crippen molar-refractivity contribution in [2.45, 2.75) is 19.5 Å². The number of hydrazine groups is 2. The molecule has 0 unspecified atom stereocenters. The molecule has 0 atom stereocenters. The molecule has 2 aromatic rings. The van der Waals surface area contributed by atoms with Crippen molar-refractivity contribution in [1.29, 1.82) is 0 Å². The summed E-state index contributed by atoms with van der Waals surface area (Å²) in [6.07, 6.45) is 2.34. The lowest BCUT2D eigenvalue weighted by molar-refractivity contribution is 0.0339. The van der Waals surface area contributed by atoms with Gasteiger partial charge in [0.25, 0.3) is 5.56 Å². The van der Waals surface area contributed by atoms with Gasteiger partial charge in [-0.25, -0.2) is 9.49 Å². The van der Waals surface area contributed by atoms with E-state index >= 15 is 0 Å². The van der Waals surface area contributed by atoms with Crippen LogP contribution in [0.3, 0.4) is 0 Å². The van der Waals surface area contributed by atoms with E-state index in [1.54, 1.807) is 12.3 Å². The van der Waals surface area contributed by atoms with Crippen molar-refractivity contribution in [3.05, 3.63) is 68.1 Å². The SMILES string of the molecule is O=c1[nH]ncc(N2CCC3=C(C2)NNN3Cc2ccc(F)cc2CN2CCOCC2)c1Cl. The molecule has 11 heteroatoms. The first-order valence-electron chi connectivity index (χ1n) is 10.7. The van der Waals surface area contributed by atoms with E-state index in [0.29, 0.717) is 45.1 Å². The summed E-state index contributed by atoms with van der Waals surface area (Å²) in [7, 11) is 0. The highest BCUT2D eigenvalue weighted by molar-refractivity contribution is 6.33. The molecule has 0 amide bonds. The van der Waals surface area contributed by atoms with Crippen LogP contribution in [0.5, 0.6) is 0 Å². The van der Waals surface area contributed by atoms with Crippen molar-refractivity contribution in [2.24, 2.45) is 0 Å². The van der Waals surface area contributed by atoms with Gasteiger partial charge >= 0.3 is 0 Å². The monoisotopic (exact) mass is 461 g/mol. The van der Waals surface area contributed by atoms with Crippen LogP contribution in [0.2, 0.25) is 5.02 Å². The zero-order valence-corrected chi connectivity index (χ0v) is 18.3. The zero-order valence-electron chi connectivity index (χ0n) is 17.5. The summed E-state index contributed by atoms with van der Waals surface area (Å²) in [5.74, 6) is -0.221. The molecule has 9 nitrogen and oxygen atoms in total. The van der Waals surface area contributed by atoms with Crippen LogP contribution in [-0.4, -0.2) is 59.5 Å². The summed E-state index contributed by atoms with van der Waals surface area (Å²) in [5, 5.41) is 8.44. The maximum atomic E-state index is 14.0. The van der Waals surface area contributed by atoms with E-state index < -0.39 is 5.56 Å². The summed E-state index contributed by atoms with van der Waals surface area (Å²) in [4.78, 5) is 16.1. The molecule has 0 spiro atoms. The molecule has 1 fully saturated rings. The van der Waals surface area contributed by atoms with E-state index in [2.05, 4.69) is 31.1 Å². The van der Waals surface area contributed by atoms with Crippen molar-refractivity contribution in [2.75, 3.05) is 44.3 Å². The van der Waals surface area contributed by atoms with Crippen LogP contribution >= 0.6 is 11.6 Å². The van der Waals surface area contributed by atoms with Crippen LogP contribution in [0.15, 0.2) is 40.6 Å². The molecule has 0 saturated carbocycles. The molecule has 170 valence electrons. The average Bonchev–Trinajstić information content (AvgIpc) is 3.20. The van der Waals surface area contributed by atoms with Gasteiger partial charge < -0.3 is 15.1 Å². The highest BCUT2D eigenvalue weighted by Crippen LogP contribution is 2.30. The van der Waals surface area contributed by atoms with E-state index in [1.165, 1.54) is 6.07 Å². The molecule has 3 N–H and O–H groups in total. The first-order valence-corrected chi connectivity index (χ1v) is 11.0. The number of benzene rings is 1. The predicted molar refractivity (Wildman–Crippen MR) is 118 cm³/mol. The Morgan fingerprint density at radius 2 is 2.00 bits per heavy atom. The Hall–Kier alpha value is -2.66. The number of morpholine rings is 1. The lowest BCUT2D eigenvalue weighted by Gasteiger charge is -2.31. The quantitative estimate of drug-likeness (QED) is 0.615. The Kier molecular flexibility index (Phi) is 6.01. The Morgan fingerprint density at radius 3 is 2.84 bits per heavy atom. The third-order valence-electron chi connectivity index (χ3n) is 6.10. The van der Waals surface area contributed by atoms with Gasteiger partial charge in [-0.2, -0.15) is 5.10 Å². The van der Waals surface area contributed by atoms with Crippen LogP contribution in [0.4, 0.5) is 10.1 Å². The van der Waals surface area contributed by atoms with E-state index in [0.717, 1.165) is 42.0 Å². The minimum Gasteiger partial charge on any atom is -0.379 e. The molecule has 0 radical (unpaired) electrons. The minimum atomic E-state index is -0.396. The first-order chi connectivity index (χ1) is 15.6. The second kappa shape index (κ2) is 9.07. The predicted octanol–water partition coefficient (Wildman–Crippen LogP) is 1.34. The molecule has 4 heterocycles. The minimum absolute atomic E-state index is 0.144. The third kappa shape index (κ3) is 4.31. The van der Waals surface area contributed by atoms with Crippen LogP contribution in [-0.2, 0) is 17.8 Å². The Balaban J connectivity index is 1.32. The van der Waals surface area contributed by atoms with Crippen molar-refractivity contribution in [3.8, 4) is 0 Å². The molecule has 5 rings (SSSR count). The van der Waals surface area contributed by atoms with Crippen molar-refractivity contribution < 1.29 is 9.13 Å². The molecule has 3 aliphatic heterocycles. The van der Waals surface area contributed by atoms with Gasteiger partial charge in [0.1, 0.15) is 10.8 Å². The summed E-state index contributed by atoms with van der Waals surface area (Å²) < 4.78 is 19.4. The Morgan fingerprint density at radius 1 is 1.16 bits per heavy atom. The van der Waals surface area contributed by atoms with Gasteiger partial charge in [-0.3, -0.25) is 14.7 Å². The summed E-state index contributed by atoms with van der Waals surface area (Å²) >= 11 is 6.19. The van der Waals surface area contributed by atoms with Crippen molar-refractivity contribution in [1.82, 2.24) is 31.1 Å². The van der Waals surface area contributed by atoms with Crippen LogP contribution in [0.1, 0.15) is 17.5 Å². The second-order valence-corrected chi connectivity index (χ2v) is 8.50. The third-order valence-corrected chi connectivity index (χ3v) is 6.46. The molecule has 3 aliphatic rings. The number of H-pyrrole nitrogens is 1. The molecule has 0 aliphatic carbocycles. The number of aromatic amines is 1. The number of rotatable bonds is 5. The maximum absolute atomic E-state index is 14.0. The van der Waals surface area contributed by atoms with Gasteiger partial charge in [-0.1, -0.05) is 17.7 Å². The number of nitrogens with one attached hydrogen (secondary N) is 3. The number of ether oxygens (including phenoxy) is 1. The fourth-order valence-electron chi connectivity index (χ4n) is 4.37. The number of hydrogen-bond acceptors (Lipinski definition) is 8. The van der Waals surface area contributed by atoms with E-state index in [1.807, 2.05) is 11.0 Å². The number of halogens is 2. The van der Waals surface area contributed by atoms with Gasteiger partial charge in [-0.15, -0.1) is 5.53 Å². The molecule has 1 aromatic heterocycles. The number of hydrogen-bond donors (Lipinski definition) is 3. The molecule has 0 bridgehead atoms. The summed E-state index contributed by atoms with van der Waals surface area (Å²) in [5.41, 5.74) is 10.9. The van der Waals surface area contributed by atoms with E-state index in [4.69, 9.17) is 16.3 Å². The highest BCUT2D eigenvalue weighted by atomic mass is 35.5. The van der Waals surface area contributed by atoms with Gasteiger partial charge in [0.05, 0.1) is 49.6 Å². The highest BCUT2D eigenvalue weighted by Gasteiger charge is 2.30. The second-order valence-electron chi connectivity index (χ2n) is 8.12. The summed E-state index contributed by atoms with van der Waals surface area (Å²) in [6, 6.07) is 5.01. The number of aromatic nitrogens is 2. The largest absolute Gasteiger partial charge is 0.379 e. The Bertz CT molecular complexity index is 1090. The molecule has 1 aromatic carbocycles. The Labute approximate surface area is 189 Å². The van der Waals surface area contributed by atoms with Gasteiger partial charge in [0.15, 0.2) is 0 Å². The molecule has 32 heavy (non-hydrogen) atoms. The fraction of sp³-hybridized carbons (Fsp3) is 0.429. The topological polar surface area (TPSA) is 88.8 Å². The zero-order chi connectivity index (χ0) is 22.1. The lowest BCUT2D eigenvalue weighted by atomic mass is 10.0. The van der Waals surface area contributed by atoms with Gasteiger partial charge in [0, 0.05) is 32.6 Å². The van der Waals surface area contributed by atoms with E-state index in [-0.39, 0.29) is 10.8 Å². The maximum Gasteiger partial charge on any atom is 0.285 e. The fourth-order valence-corrected chi connectivity index (χ4v) is 4.58. The number of anilines is 1. The van der Waals surface area contributed by atoms with Gasteiger partial charge in [-0.05, 0) is 23.3 Å². The smallest absolute Gasteiger partial charge is 0.285 e. The first kappa shape index (κ1) is 21.2.